The molecule has 0 aromatic heterocycles. The second-order valence-corrected chi connectivity index (χ2v) is 3.21. The lowest BCUT2D eigenvalue weighted by Crippen LogP contribution is -3.00. The average molecular weight is 149 g/mol. The standard InChI is InChI=1S/C8H20N.FH/c1-6-9(5,7-2)8(3)4;/h8H,6-7H2,1-5H3;1H/q+1;/p-1. The van der Waals surface area contributed by atoms with Crippen molar-refractivity contribution in [1.82, 2.24) is 0 Å². The Bertz CT molecular complexity index is 77.3. The fraction of sp³-hybridized carbons (Fsp3) is 1.00. The first kappa shape index (κ1) is 12.6. The van der Waals surface area contributed by atoms with Crippen molar-refractivity contribution in [1.29, 1.82) is 0 Å². The van der Waals surface area contributed by atoms with E-state index in [2.05, 4.69) is 34.7 Å². The lowest BCUT2D eigenvalue weighted by molar-refractivity contribution is -0.926. The molecule has 1 nitrogen and oxygen atoms in total. The molecule has 2 heteroatoms. The maximum atomic E-state index is 2.31. The molecule has 0 unspecified atom stereocenters. The molecule has 0 aliphatic carbocycles. The van der Waals surface area contributed by atoms with Crippen molar-refractivity contribution in [3.05, 3.63) is 0 Å². The third-order valence-electron chi connectivity index (χ3n) is 2.69. The van der Waals surface area contributed by atoms with Crippen LogP contribution in [0.5, 0.6) is 0 Å². The molecule has 0 heterocycles. The number of quaternary nitrogens is 1. The van der Waals surface area contributed by atoms with Gasteiger partial charge in [0.15, 0.2) is 0 Å². The van der Waals surface area contributed by atoms with Gasteiger partial charge in [-0.25, -0.2) is 0 Å². The van der Waals surface area contributed by atoms with Crippen LogP contribution in [0.4, 0.5) is 0 Å². The van der Waals surface area contributed by atoms with Gasteiger partial charge in [0, 0.05) is 0 Å². The number of rotatable bonds is 3. The van der Waals surface area contributed by atoms with Crippen LogP contribution in [0.15, 0.2) is 0 Å². The van der Waals surface area contributed by atoms with Gasteiger partial charge in [0.25, 0.3) is 0 Å². The Balaban J connectivity index is 0. The van der Waals surface area contributed by atoms with Gasteiger partial charge in [-0.1, -0.05) is 0 Å². The minimum absolute atomic E-state index is 0. The van der Waals surface area contributed by atoms with Crippen LogP contribution < -0.4 is 4.70 Å². The van der Waals surface area contributed by atoms with Crippen molar-refractivity contribution in [2.45, 2.75) is 33.7 Å². The Hall–Kier alpha value is -0.110. The summed E-state index contributed by atoms with van der Waals surface area (Å²) < 4.78 is 1.19. The topological polar surface area (TPSA) is 0 Å². The van der Waals surface area contributed by atoms with E-state index in [0.717, 1.165) is 6.04 Å². The van der Waals surface area contributed by atoms with Crippen molar-refractivity contribution < 1.29 is 9.19 Å². The van der Waals surface area contributed by atoms with E-state index in [1.54, 1.807) is 0 Å². The zero-order valence-electron chi connectivity index (χ0n) is 7.82. The molecule has 0 aliphatic heterocycles. The molecule has 0 rings (SSSR count). The average Bonchev–Trinajstić information content (AvgIpc) is 1.86. The fourth-order valence-corrected chi connectivity index (χ4v) is 0.954. The molecule has 0 radical (unpaired) electrons. The van der Waals surface area contributed by atoms with Crippen LogP contribution in [-0.4, -0.2) is 30.7 Å². The molecule has 0 aliphatic rings. The van der Waals surface area contributed by atoms with E-state index in [0.29, 0.717) is 0 Å². The molecule has 0 aromatic rings. The van der Waals surface area contributed by atoms with E-state index in [1.807, 2.05) is 0 Å². The summed E-state index contributed by atoms with van der Waals surface area (Å²) >= 11 is 0. The highest BCUT2D eigenvalue weighted by Crippen LogP contribution is 2.07. The minimum atomic E-state index is 0. The van der Waals surface area contributed by atoms with Crippen molar-refractivity contribution in [3.8, 4) is 0 Å². The lowest BCUT2D eigenvalue weighted by Gasteiger charge is -2.36. The minimum Gasteiger partial charge on any atom is -1.00 e. The molecule has 0 N–H and O–H groups in total. The van der Waals surface area contributed by atoms with Crippen molar-refractivity contribution in [2.75, 3.05) is 20.1 Å². The summed E-state index contributed by atoms with van der Waals surface area (Å²) in [5.74, 6) is 0. The quantitative estimate of drug-likeness (QED) is 0.446. The molecule has 0 fully saturated rings. The molecular weight excluding hydrogens is 129 g/mol. The summed E-state index contributed by atoms with van der Waals surface area (Å²) in [5, 5.41) is 0. The van der Waals surface area contributed by atoms with E-state index in [9.17, 15) is 0 Å². The molecule has 0 bridgehead atoms. The van der Waals surface area contributed by atoms with Crippen LogP contribution in [0, 0.1) is 0 Å². The van der Waals surface area contributed by atoms with Gasteiger partial charge < -0.3 is 9.19 Å². The van der Waals surface area contributed by atoms with Crippen LogP contribution in [0.2, 0.25) is 0 Å². The summed E-state index contributed by atoms with van der Waals surface area (Å²) in [4.78, 5) is 0. The highest BCUT2D eigenvalue weighted by Gasteiger charge is 2.19. The largest absolute Gasteiger partial charge is 1.00 e. The molecular formula is C8H20FN. The summed E-state index contributed by atoms with van der Waals surface area (Å²) in [7, 11) is 2.31. The maximum absolute atomic E-state index is 2.31. The maximum Gasteiger partial charge on any atom is 0.0831 e. The zero-order chi connectivity index (χ0) is 7.49. The number of nitrogens with zero attached hydrogens (tertiary/aromatic N) is 1. The summed E-state index contributed by atoms with van der Waals surface area (Å²) in [6.45, 7) is 11.6. The van der Waals surface area contributed by atoms with Gasteiger partial charge in [0.1, 0.15) is 0 Å². The van der Waals surface area contributed by atoms with Gasteiger partial charge in [-0.05, 0) is 27.7 Å². The molecule has 0 amide bonds. The zero-order valence-corrected chi connectivity index (χ0v) is 7.82. The molecule has 0 aromatic carbocycles. The van der Waals surface area contributed by atoms with E-state index < -0.39 is 0 Å². The predicted octanol–water partition coefficient (Wildman–Crippen LogP) is -1.11. The highest BCUT2D eigenvalue weighted by atomic mass is 19.0. The Morgan fingerprint density at radius 1 is 1.10 bits per heavy atom. The van der Waals surface area contributed by atoms with Gasteiger partial charge in [-0.3, -0.25) is 0 Å². The van der Waals surface area contributed by atoms with Gasteiger partial charge in [0.05, 0.1) is 26.2 Å². The Morgan fingerprint density at radius 2 is 1.40 bits per heavy atom. The van der Waals surface area contributed by atoms with E-state index in [4.69, 9.17) is 0 Å². The van der Waals surface area contributed by atoms with E-state index in [-0.39, 0.29) is 4.70 Å². The number of hydrogen-bond donors (Lipinski definition) is 0. The van der Waals surface area contributed by atoms with Crippen molar-refractivity contribution in [2.24, 2.45) is 0 Å². The second kappa shape index (κ2) is 4.67. The van der Waals surface area contributed by atoms with Crippen molar-refractivity contribution in [3.63, 3.8) is 0 Å². The van der Waals surface area contributed by atoms with Gasteiger partial charge >= 0.3 is 0 Å². The first-order chi connectivity index (χ1) is 4.06. The molecule has 0 saturated heterocycles. The Labute approximate surface area is 64.0 Å². The smallest absolute Gasteiger partial charge is 0.0831 e. The van der Waals surface area contributed by atoms with Crippen LogP contribution in [0.25, 0.3) is 0 Å². The number of hydrogen-bond acceptors (Lipinski definition) is 0. The Morgan fingerprint density at radius 3 is 1.40 bits per heavy atom. The first-order valence-corrected chi connectivity index (χ1v) is 3.91. The summed E-state index contributed by atoms with van der Waals surface area (Å²) in [5.41, 5.74) is 0. The van der Waals surface area contributed by atoms with Crippen LogP contribution in [0.1, 0.15) is 27.7 Å². The third kappa shape index (κ3) is 2.65. The molecule has 0 atom stereocenters. The van der Waals surface area contributed by atoms with Crippen LogP contribution in [0.3, 0.4) is 0 Å². The Kier molecular flexibility index (Phi) is 5.86. The summed E-state index contributed by atoms with van der Waals surface area (Å²) in [6.07, 6.45) is 0. The monoisotopic (exact) mass is 149 g/mol. The fourth-order valence-electron chi connectivity index (χ4n) is 0.954. The van der Waals surface area contributed by atoms with Crippen molar-refractivity contribution >= 4 is 0 Å². The first-order valence-electron chi connectivity index (χ1n) is 3.91. The van der Waals surface area contributed by atoms with Gasteiger partial charge in [0.2, 0.25) is 0 Å². The van der Waals surface area contributed by atoms with Gasteiger partial charge in [-0.2, -0.15) is 0 Å². The van der Waals surface area contributed by atoms with Gasteiger partial charge in [-0.15, -0.1) is 0 Å². The molecule has 64 valence electrons. The highest BCUT2D eigenvalue weighted by molar-refractivity contribution is 4.39. The molecule has 10 heavy (non-hydrogen) atoms. The SMILES string of the molecule is CC[N+](C)(CC)C(C)C.[F-]. The second-order valence-electron chi connectivity index (χ2n) is 3.21. The third-order valence-corrected chi connectivity index (χ3v) is 2.69. The predicted molar refractivity (Wildman–Crippen MR) is 42.4 cm³/mol. The van der Waals surface area contributed by atoms with Crippen LogP contribution >= 0.6 is 0 Å². The molecule has 0 saturated carbocycles. The lowest BCUT2D eigenvalue weighted by atomic mass is 10.2. The normalized spacial score (nSPS) is 11.4. The van der Waals surface area contributed by atoms with E-state index in [1.165, 1.54) is 17.6 Å². The summed E-state index contributed by atoms with van der Waals surface area (Å²) in [6, 6.07) is 0.764. The number of halogens is 1. The van der Waals surface area contributed by atoms with E-state index >= 15 is 0 Å². The molecule has 0 spiro atoms. The van der Waals surface area contributed by atoms with Crippen LogP contribution in [-0.2, 0) is 0 Å².